The predicted molar refractivity (Wildman–Crippen MR) is 107 cm³/mol. The Bertz CT molecular complexity index is 1140. The van der Waals surface area contributed by atoms with Crippen LogP contribution in [0.4, 0.5) is 11.4 Å². The van der Waals surface area contributed by atoms with Gasteiger partial charge >= 0.3 is 5.97 Å². The summed E-state index contributed by atoms with van der Waals surface area (Å²) in [6.45, 7) is -0.679. The number of rotatable bonds is 7. The second-order valence-corrected chi connectivity index (χ2v) is 6.32. The molecule has 0 aliphatic heterocycles. The van der Waals surface area contributed by atoms with Gasteiger partial charge in [0.2, 0.25) is 0 Å². The second kappa shape index (κ2) is 9.01. The summed E-state index contributed by atoms with van der Waals surface area (Å²) in [5.74, 6) is -1.17. The van der Waals surface area contributed by atoms with Gasteiger partial charge in [0.1, 0.15) is 11.4 Å². The minimum absolute atomic E-state index is 0.0169. The summed E-state index contributed by atoms with van der Waals surface area (Å²) < 4.78 is 10.3. The van der Waals surface area contributed by atoms with E-state index >= 15 is 0 Å². The van der Waals surface area contributed by atoms with Gasteiger partial charge in [0.05, 0.1) is 15.5 Å². The normalized spacial score (nSPS) is 10.3. The van der Waals surface area contributed by atoms with Crippen LogP contribution < -0.4 is 5.32 Å². The first kappa shape index (κ1) is 20.7. The fourth-order valence-electron chi connectivity index (χ4n) is 2.54. The highest BCUT2D eigenvalue weighted by atomic mass is 35.5. The number of nitrogens with zero attached hydrogens (tertiary/aromatic N) is 1. The number of carbonyl (C=O) groups is 3. The van der Waals surface area contributed by atoms with Gasteiger partial charge in [-0.1, -0.05) is 23.7 Å². The summed E-state index contributed by atoms with van der Waals surface area (Å²) in [6, 6.07) is 13.0. The molecule has 0 saturated heterocycles. The van der Waals surface area contributed by atoms with Crippen LogP contribution in [0.2, 0.25) is 5.02 Å². The smallest absolute Gasteiger partial charge is 0.340 e. The standard InChI is InChI=1S/C20H13ClN2O7/c21-15-7-5-12(18-8-6-13(10-24)30-18)9-14(15)20(26)29-11-19(25)22-16-3-1-2-4-17(16)23(27)28/h1-10H,11H2,(H,22,25). The molecule has 2 aromatic carbocycles. The number of amides is 1. The van der Waals surface area contributed by atoms with Crippen molar-refractivity contribution >= 4 is 41.1 Å². The summed E-state index contributed by atoms with van der Waals surface area (Å²) >= 11 is 6.05. The third-order valence-electron chi connectivity index (χ3n) is 3.92. The molecular formula is C20H13ClN2O7. The molecule has 1 aromatic heterocycles. The Balaban J connectivity index is 1.69. The second-order valence-electron chi connectivity index (χ2n) is 5.91. The number of hydrogen-bond donors (Lipinski definition) is 1. The quantitative estimate of drug-likeness (QED) is 0.259. The Morgan fingerprint density at radius 2 is 1.93 bits per heavy atom. The summed E-state index contributed by atoms with van der Waals surface area (Å²) in [6.07, 6.45) is 0.546. The molecule has 0 spiro atoms. The van der Waals surface area contributed by atoms with E-state index in [0.29, 0.717) is 17.6 Å². The van der Waals surface area contributed by atoms with Gasteiger partial charge in [-0.2, -0.15) is 0 Å². The van der Waals surface area contributed by atoms with E-state index in [-0.39, 0.29) is 27.7 Å². The molecule has 1 amide bonds. The Hall–Kier alpha value is -3.98. The van der Waals surface area contributed by atoms with E-state index in [2.05, 4.69) is 5.32 Å². The summed E-state index contributed by atoms with van der Waals surface area (Å²) in [4.78, 5) is 45.5. The molecule has 3 rings (SSSR count). The Labute approximate surface area is 174 Å². The predicted octanol–water partition coefficient (Wildman–Crippen LogP) is 4.12. The number of nitrogens with one attached hydrogen (secondary N) is 1. The number of aldehydes is 1. The van der Waals surface area contributed by atoms with Crippen molar-refractivity contribution in [1.82, 2.24) is 0 Å². The number of furan rings is 1. The Morgan fingerprint density at radius 3 is 2.63 bits per heavy atom. The number of nitro benzene ring substituents is 1. The molecular weight excluding hydrogens is 416 g/mol. The Kier molecular flexibility index (Phi) is 6.23. The van der Waals surface area contributed by atoms with Gasteiger partial charge in [0.25, 0.3) is 11.6 Å². The van der Waals surface area contributed by atoms with Crippen molar-refractivity contribution in [2.45, 2.75) is 0 Å². The minimum Gasteiger partial charge on any atom is -0.453 e. The Morgan fingerprint density at radius 1 is 1.17 bits per heavy atom. The van der Waals surface area contributed by atoms with Crippen molar-refractivity contribution < 1.29 is 28.5 Å². The molecule has 9 nitrogen and oxygen atoms in total. The van der Waals surface area contributed by atoms with E-state index in [9.17, 15) is 24.5 Å². The van der Waals surface area contributed by atoms with Crippen molar-refractivity contribution in [3.8, 4) is 11.3 Å². The molecule has 0 atom stereocenters. The van der Waals surface area contributed by atoms with Gasteiger partial charge in [0.15, 0.2) is 18.7 Å². The molecule has 0 unspecified atom stereocenters. The van der Waals surface area contributed by atoms with E-state index in [0.717, 1.165) is 0 Å². The monoisotopic (exact) mass is 428 g/mol. The topological polar surface area (TPSA) is 129 Å². The average molecular weight is 429 g/mol. The average Bonchev–Trinajstić information content (AvgIpc) is 3.22. The number of nitro groups is 1. The number of ether oxygens (including phenoxy) is 1. The zero-order chi connectivity index (χ0) is 21.7. The van der Waals surface area contributed by atoms with Crippen LogP contribution in [0.3, 0.4) is 0 Å². The van der Waals surface area contributed by atoms with Crippen LogP contribution in [0.1, 0.15) is 20.9 Å². The largest absolute Gasteiger partial charge is 0.453 e. The maximum absolute atomic E-state index is 12.4. The van der Waals surface area contributed by atoms with Gasteiger partial charge in [-0.05, 0) is 36.4 Å². The van der Waals surface area contributed by atoms with Crippen LogP contribution in [-0.2, 0) is 9.53 Å². The first-order valence-corrected chi connectivity index (χ1v) is 8.82. The summed E-state index contributed by atoms with van der Waals surface area (Å²) in [5, 5.41) is 13.4. The highest BCUT2D eigenvalue weighted by molar-refractivity contribution is 6.33. The molecule has 10 heteroatoms. The lowest BCUT2D eigenvalue weighted by Crippen LogP contribution is -2.21. The van der Waals surface area contributed by atoms with Crippen LogP contribution >= 0.6 is 11.6 Å². The van der Waals surface area contributed by atoms with Crippen molar-refractivity contribution in [2.24, 2.45) is 0 Å². The number of carbonyl (C=O) groups excluding carboxylic acids is 3. The van der Waals surface area contributed by atoms with Gasteiger partial charge in [-0.15, -0.1) is 0 Å². The van der Waals surface area contributed by atoms with Crippen molar-refractivity contribution in [2.75, 3.05) is 11.9 Å². The first-order valence-electron chi connectivity index (χ1n) is 8.44. The molecule has 3 aromatic rings. The maximum atomic E-state index is 12.4. The minimum atomic E-state index is -0.873. The highest BCUT2D eigenvalue weighted by Crippen LogP contribution is 2.27. The number of esters is 1. The number of anilines is 1. The SMILES string of the molecule is O=Cc1ccc(-c2ccc(Cl)c(C(=O)OCC(=O)Nc3ccccc3[N+](=O)[O-])c2)o1. The van der Waals surface area contributed by atoms with Crippen LogP contribution in [0.15, 0.2) is 59.0 Å². The van der Waals surface area contributed by atoms with E-state index in [1.54, 1.807) is 12.1 Å². The lowest BCUT2D eigenvalue weighted by atomic mass is 10.1. The van der Waals surface area contributed by atoms with Crippen molar-refractivity contribution in [3.63, 3.8) is 0 Å². The summed E-state index contributed by atoms with van der Waals surface area (Å²) in [5.41, 5.74) is 0.147. The van der Waals surface area contributed by atoms with Gasteiger partial charge in [0, 0.05) is 11.6 Å². The highest BCUT2D eigenvalue weighted by Gasteiger charge is 2.18. The molecule has 0 radical (unpaired) electrons. The molecule has 0 aliphatic rings. The van der Waals surface area contributed by atoms with Crippen molar-refractivity contribution in [1.29, 1.82) is 0 Å². The van der Waals surface area contributed by atoms with E-state index < -0.39 is 23.4 Å². The molecule has 1 N–H and O–H groups in total. The zero-order valence-corrected chi connectivity index (χ0v) is 15.9. The molecule has 0 bridgehead atoms. The molecule has 0 saturated carbocycles. The molecule has 30 heavy (non-hydrogen) atoms. The molecule has 152 valence electrons. The van der Waals surface area contributed by atoms with Gasteiger partial charge in [-0.25, -0.2) is 4.79 Å². The molecule has 1 heterocycles. The van der Waals surface area contributed by atoms with Crippen LogP contribution in [0.25, 0.3) is 11.3 Å². The third-order valence-corrected chi connectivity index (χ3v) is 4.25. The fourth-order valence-corrected chi connectivity index (χ4v) is 2.73. The molecule has 0 aliphatic carbocycles. The van der Waals surface area contributed by atoms with Crippen molar-refractivity contribution in [3.05, 3.63) is 81.1 Å². The number of hydrogen-bond acceptors (Lipinski definition) is 7. The van der Waals surface area contributed by atoms with Gasteiger partial charge < -0.3 is 14.5 Å². The number of halogens is 1. The summed E-state index contributed by atoms with van der Waals surface area (Å²) in [7, 11) is 0. The number of para-hydroxylation sites is 2. The third kappa shape index (κ3) is 4.70. The molecule has 0 fully saturated rings. The van der Waals surface area contributed by atoms with Crippen LogP contribution in [0.5, 0.6) is 0 Å². The zero-order valence-electron chi connectivity index (χ0n) is 15.2. The first-order chi connectivity index (χ1) is 14.4. The van der Waals surface area contributed by atoms with Crippen LogP contribution in [0, 0.1) is 10.1 Å². The van der Waals surface area contributed by atoms with E-state index in [1.807, 2.05) is 0 Å². The maximum Gasteiger partial charge on any atom is 0.340 e. The fraction of sp³-hybridized carbons (Fsp3) is 0.0500. The van der Waals surface area contributed by atoms with Crippen LogP contribution in [-0.4, -0.2) is 29.7 Å². The lowest BCUT2D eigenvalue weighted by molar-refractivity contribution is -0.383. The van der Waals surface area contributed by atoms with E-state index in [1.165, 1.54) is 42.5 Å². The lowest BCUT2D eigenvalue weighted by Gasteiger charge is -2.09. The van der Waals surface area contributed by atoms with E-state index in [4.69, 9.17) is 20.8 Å². The van der Waals surface area contributed by atoms with Gasteiger partial charge in [-0.3, -0.25) is 19.7 Å². The number of benzene rings is 2.